The van der Waals surface area contributed by atoms with Gasteiger partial charge in [-0.1, -0.05) is 32.9 Å². The Kier molecular flexibility index (Phi) is 3.48. The Bertz CT molecular complexity index is 509. The summed E-state index contributed by atoms with van der Waals surface area (Å²) in [5, 5.41) is 18.3. The number of hydrogen-bond donors (Lipinski definition) is 0. The van der Waals surface area contributed by atoms with Crippen LogP contribution in [0.2, 0.25) is 0 Å². The van der Waals surface area contributed by atoms with Crippen molar-refractivity contribution >= 4 is 0 Å². The first-order chi connectivity index (χ1) is 8.50. The fourth-order valence-corrected chi connectivity index (χ4v) is 1.67. The van der Waals surface area contributed by atoms with Crippen LogP contribution in [-0.4, -0.2) is 16.8 Å². The smallest absolute Gasteiger partial charge is 0.247 e. The van der Waals surface area contributed by atoms with Crippen LogP contribution in [0, 0.1) is 0 Å². The number of aromatic nitrogens is 2. The van der Waals surface area contributed by atoms with Gasteiger partial charge in [0.1, 0.15) is 0 Å². The molecule has 0 atom stereocenters. The summed E-state index contributed by atoms with van der Waals surface area (Å²) in [6.07, 6.45) is 0.285. The highest BCUT2D eigenvalue weighted by Crippen LogP contribution is 2.25. The van der Waals surface area contributed by atoms with Crippen LogP contribution in [0.25, 0.3) is 11.5 Å². The topological polar surface area (TPSA) is 58.8 Å². The first kappa shape index (κ1) is 12.8. The Labute approximate surface area is 107 Å². The van der Waals surface area contributed by atoms with E-state index in [0.29, 0.717) is 11.8 Å². The molecule has 1 heterocycles. The Morgan fingerprint density at radius 3 is 2.33 bits per heavy atom. The molecule has 0 aliphatic rings. The predicted molar refractivity (Wildman–Crippen MR) is 67.7 cm³/mol. The first-order valence-corrected chi connectivity index (χ1v) is 6.02. The van der Waals surface area contributed by atoms with Gasteiger partial charge in [0.25, 0.3) is 0 Å². The molecule has 2 rings (SSSR count). The molecule has 1 aromatic heterocycles. The SMILES string of the molecule is CC(C)(C)c1ccc(-c2nnc(CC[O])o2)cc1. The number of rotatable bonds is 3. The Morgan fingerprint density at radius 1 is 1.11 bits per heavy atom. The molecule has 18 heavy (non-hydrogen) atoms. The lowest BCUT2D eigenvalue weighted by Crippen LogP contribution is -2.10. The molecule has 95 valence electrons. The van der Waals surface area contributed by atoms with Crippen LogP contribution >= 0.6 is 0 Å². The minimum absolute atomic E-state index is 0.126. The zero-order valence-corrected chi connectivity index (χ0v) is 10.9. The molecule has 1 aromatic carbocycles. The maximum atomic E-state index is 10.5. The second kappa shape index (κ2) is 4.90. The van der Waals surface area contributed by atoms with Crippen molar-refractivity contribution in [1.29, 1.82) is 0 Å². The summed E-state index contributed by atoms with van der Waals surface area (Å²) < 4.78 is 5.41. The van der Waals surface area contributed by atoms with Gasteiger partial charge in [0.2, 0.25) is 11.8 Å². The minimum atomic E-state index is -0.232. The quantitative estimate of drug-likeness (QED) is 0.835. The third-order valence-corrected chi connectivity index (χ3v) is 2.78. The molecule has 0 saturated heterocycles. The van der Waals surface area contributed by atoms with Crippen LogP contribution < -0.4 is 0 Å². The third kappa shape index (κ3) is 2.76. The fraction of sp³-hybridized carbons (Fsp3) is 0.429. The third-order valence-electron chi connectivity index (χ3n) is 2.78. The van der Waals surface area contributed by atoms with Crippen LogP contribution in [0.3, 0.4) is 0 Å². The maximum Gasteiger partial charge on any atom is 0.247 e. The zero-order chi connectivity index (χ0) is 13.2. The number of benzene rings is 1. The molecule has 0 spiro atoms. The lowest BCUT2D eigenvalue weighted by molar-refractivity contribution is 0.189. The van der Waals surface area contributed by atoms with E-state index in [4.69, 9.17) is 4.42 Å². The average molecular weight is 245 g/mol. The van der Waals surface area contributed by atoms with Gasteiger partial charge in [0.15, 0.2) is 0 Å². The van der Waals surface area contributed by atoms with E-state index in [2.05, 4.69) is 43.1 Å². The Hall–Kier alpha value is -1.68. The molecule has 0 fully saturated rings. The highest BCUT2D eigenvalue weighted by atomic mass is 16.4. The molecule has 0 saturated carbocycles. The molecular formula is C14H17N2O2. The van der Waals surface area contributed by atoms with E-state index in [0.717, 1.165) is 5.56 Å². The van der Waals surface area contributed by atoms with Crippen LogP contribution in [-0.2, 0) is 16.9 Å². The lowest BCUT2D eigenvalue weighted by Gasteiger charge is -2.18. The summed E-state index contributed by atoms with van der Waals surface area (Å²) in [7, 11) is 0. The molecule has 0 bridgehead atoms. The van der Waals surface area contributed by atoms with Gasteiger partial charge in [-0.05, 0) is 23.1 Å². The van der Waals surface area contributed by atoms with Gasteiger partial charge >= 0.3 is 0 Å². The van der Waals surface area contributed by atoms with Gasteiger partial charge in [0.05, 0.1) is 13.0 Å². The van der Waals surface area contributed by atoms with Crippen LogP contribution in [0.4, 0.5) is 0 Å². The van der Waals surface area contributed by atoms with E-state index in [1.165, 1.54) is 5.56 Å². The largest absolute Gasteiger partial charge is 0.421 e. The Balaban J connectivity index is 2.23. The van der Waals surface area contributed by atoms with Crippen molar-refractivity contribution in [1.82, 2.24) is 10.2 Å². The van der Waals surface area contributed by atoms with Crippen molar-refractivity contribution in [2.24, 2.45) is 0 Å². The summed E-state index contributed by atoms with van der Waals surface area (Å²) in [5.41, 5.74) is 2.26. The van der Waals surface area contributed by atoms with Gasteiger partial charge in [-0.25, -0.2) is 5.11 Å². The van der Waals surface area contributed by atoms with Gasteiger partial charge in [-0.3, -0.25) is 0 Å². The summed E-state index contributed by atoms with van der Waals surface area (Å²) in [6.45, 7) is 6.27. The van der Waals surface area contributed by atoms with Gasteiger partial charge in [0, 0.05) is 5.56 Å². The predicted octanol–water partition coefficient (Wildman–Crippen LogP) is 3.01. The Morgan fingerprint density at radius 2 is 1.78 bits per heavy atom. The molecule has 0 N–H and O–H groups in total. The normalized spacial score (nSPS) is 11.8. The molecule has 0 amide bonds. The van der Waals surface area contributed by atoms with Crippen LogP contribution in [0.5, 0.6) is 0 Å². The first-order valence-electron chi connectivity index (χ1n) is 6.02. The van der Waals surface area contributed by atoms with Crippen molar-refractivity contribution in [2.75, 3.05) is 6.61 Å². The summed E-state index contributed by atoms with van der Waals surface area (Å²) in [4.78, 5) is 0. The minimum Gasteiger partial charge on any atom is -0.421 e. The van der Waals surface area contributed by atoms with Crippen molar-refractivity contribution in [2.45, 2.75) is 32.6 Å². The molecular weight excluding hydrogens is 228 g/mol. The van der Waals surface area contributed by atoms with E-state index < -0.39 is 0 Å². The average Bonchev–Trinajstić information content (AvgIpc) is 2.77. The highest BCUT2D eigenvalue weighted by molar-refractivity contribution is 5.53. The van der Waals surface area contributed by atoms with E-state index in [9.17, 15) is 5.11 Å². The number of hydrogen-bond acceptors (Lipinski definition) is 3. The van der Waals surface area contributed by atoms with E-state index in [1.54, 1.807) is 0 Å². The summed E-state index contributed by atoms with van der Waals surface area (Å²) in [5.74, 6) is 0.874. The van der Waals surface area contributed by atoms with Crippen molar-refractivity contribution in [3.05, 3.63) is 35.7 Å². The van der Waals surface area contributed by atoms with Crippen LogP contribution in [0.15, 0.2) is 28.7 Å². The number of nitrogens with zero attached hydrogens (tertiary/aromatic N) is 2. The van der Waals surface area contributed by atoms with Gasteiger partial charge in [-0.2, -0.15) is 0 Å². The molecule has 0 aliphatic carbocycles. The summed E-state index contributed by atoms with van der Waals surface area (Å²) >= 11 is 0. The van der Waals surface area contributed by atoms with Crippen molar-refractivity contribution in [3.63, 3.8) is 0 Å². The zero-order valence-electron chi connectivity index (χ0n) is 10.9. The van der Waals surface area contributed by atoms with Crippen molar-refractivity contribution < 1.29 is 9.52 Å². The fourth-order valence-electron chi connectivity index (χ4n) is 1.67. The van der Waals surface area contributed by atoms with Gasteiger partial charge in [-0.15, -0.1) is 10.2 Å². The maximum absolute atomic E-state index is 10.5. The van der Waals surface area contributed by atoms with Gasteiger partial charge < -0.3 is 4.42 Å². The standard InChI is InChI=1S/C14H17N2O2/c1-14(2,3)11-6-4-10(5-7-11)13-16-15-12(18-13)8-9-17/h4-7H,8-9H2,1-3H3. The monoisotopic (exact) mass is 245 g/mol. The second-order valence-corrected chi connectivity index (χ2v) is 5.28. The lowest BCUT2D eigenvalue weighted by atomic mass is 9.87. The summed E-state index contributed by atoms with van der Waals surface area (Å²) in [6, 6.07) is 8.06. The van der Waals surface area contributed by atoms with Crippen LogP contribution in [0.1, 0.15) is 32.2 Å². The van der Waals surface area contributed by atoms with E-state index >= 15 is 0 Å². The van der Waals surface area contributed by atoms with Crippen molar-refractivity contribution in [3.8, 4) is 11.5 Å². The second-order valence-electron chi connectivity index (χ2n) is 5.28. The molecule has 4 nitrogen and oxygen atoms in total. The van der Waals surface area contributed by atoms with E-state index in [1.807, 2.05) is 12.1 Å². The molecule has 1 radical (unpaired) electrons. The molecule has 0 unspecified atom stereocenters. The molecule has 4 heteroatoms. The molecule has 0 aliphatic heterocycles. The van der Waals surface area contributed by atoms with E-state index in [-0.39, 0.29) is 18.4 Å². The highest BCUT2D eigenvalue weighted by Gasteiger charge is 2.14. The molecule has 2 aromatic rings.